The molecule has 2 rings (SSSR count). The molecule has 0 fully saturated rings. The summed E-state index contributed by atoms with van der Waals surface area (Å²) in [7, 11) is -3.95. The molecule has 8 heteroatoms. The summed E-state index contributed by atoms with van der Waals surface area (Å²) in [6.45, 7) is 2.09. The van der Waals surface area contributed by atoms with Gasteiger partial charge in [-0.1, -0.05) is 6.07 Å². The number of nitrogens with two attached hydrogens (primary N) is 1. The zero-order chi connectivity index (χ0) is 15.5. The first-order chi connectivity index (χ1) is 9.92. The van der Waals surface area contributed by atoms with Gasteiger partial charge in [0.25, 0.3) is 0 Å². The Morgan fingerprint density at radius 2 is 2.19 bits per heavy atom. The van der Waals surface area contributed by atoms with Crippen LogP contribution in [0.2, 0.25) is 0 Å². The second-order valence-electron chi connectivity index (χ2n) is 4.68. The molecule has 2 aromatic rings. The van der Waals surface area contributed by atoms with Gasteiger partial charge in [0.05, 0.1) is 11.9 Å². The second-order valence-corrected chi connectivity index (χ2v) is 6.38. The number of anilines is 1. The van der Waals surface area contributed by atoms with Gasteiger partial charge in [0.1, 0.15) is 10.7 Å². The van der Waals surface area contributed by atoms with Gasteiger partial charge in [0, 0.05) is 12.2 Å². The highest BCUT2D eigenvalue weighted by Gasteiger charge is 2.21. The van der Waals surface area contributed by atoms with E-state index < -0.39 is 20.7 Å². The third-order valence-corrected chi connectivity index (χ3v) is 4.67. The van der Waals surface area contributed by atoms with E-state index in [1.54, 1.807) is 6.20 Å². The Labute approximate surface area is 122 Å². The first-order valence-corrected chi connectivity index (χ1v) is 7.92. The van der Waals surface area contributed by atoms with Gasteiger partial charge in [0.15, 0.2) is 0 Å². The van der Waals surface area contributed by atoms with E-state index in [2.05, 4.69) is 14.9 Å². The fourth-order valence-electron chi connectivity index (χ4n) is 1.99. The van der Waals surface area contributed by atoms with Crippen molar-refractivity contribution in [2.24, 2.45) is 0 Å². The smallest absolute Gasteiger partial charge is 0.245 e. The molecule has 0 aliphatic rings. The Morgan fingerprint density at radius 1 is 1.43 bits per heavy atom. The molecule has 0 aliphatic carbocycles. The molecule has 6 nitrogen and oxygen atoms in total. The average Bonchev–Trinajstić information content (AvgIpc) is 2.80. The van der Waals surface area contributed by atoms with E-state index >= 15 is 0 Å². The summed E-state index contributed by atoms with van der Waals surface area (Å²) >= 11 is 0. The number of hydrogen-bond acceptors (Lipinski definition) is 4. The van der Waals surface area contributed by atoms with E-state index in [1.165, 1.54) is 12.1 Å². The molecule has 1 heterocycles. The highest BCUT2D eigenvalue weighted by Crippen LogP contribution is 2.21. The summed E-state index contributed by atoms with van der Waals surface area (Å²) in [4.78, 5) is -0.496. The number of sulfonamides is 1. The quantitative estimate of drug-likeness (QED) is 0.553. The third-order valence-electron chi connectivity index (χ3n) is 3.12. The number of aryl methyl sites for hydroxylation is 2. The number of aromatic amines is 1. The monoisotopic (exact) mass is 312 g/mol. The number of aromatic nitrogens is 2. The number of H-pyrrole nitrogens is 1. The van der Waals surface area contributed by atoms with Crippen LogP contribution in [0.1, 0.15) is 17.7 Å². The molecule has 0 saturated heterocycles. The minimum Gasteiger partial charge on any atom is -0.398 e. The zero-order valence-corrected chi connectivity index (χ0v) is 12.4. The summed E-state index contributed by atoms with van der Waals surface area (Å²) < 4.78 is 40.1. The molecule has 21 heavy (non-hydrogen) atoms. The number of halogens is 1. The van der Waals surface area contributed by atoms with Crippen LogP contribution in [0, 0.1) is 12.7 Å². The van der Waals surface area contributed by atoms with Crippen LogP contribution in [0.25, 0.3) is 0 Å². The lowest BCUT2D eigenvalue weighted by atomic mass is 10.1. The fraction of sp³-hybridized carbons (Fsp3) is 0.308. The number of nitrogens with zero attached hydrogens (tertiary/aromatic N) is 1. The van der Waals surface area contributed by atoms with Crippen molar-refractivity contribution in [1.82, 2.24) is 14.9 Å². The van der Waals surface area contributed by atoms with Crippen molar-refractivity contribution in [3.63, 3.8) is 0 Å². The maximum atomic E-state index is 13.6. The summed E-state index contributed by atoms with van der Waals surface area (Å²) in [6, 6.07) is 3.79. The van der Waals surface area contributed by atoms with Gasteiger partial charge in [-0.2, -0.15) is 5.10 Å². The van der Waals surface area contributed by atoms with Crippen molar-refractivity contribution < 1.29 is 12.8 Å². The molecule has 0 bridgehead atoms. The second kappa shape index (κ2) is 6.23. The van der Waals surface area contributed by atoms with Gasteiger partial charge in [-0.05, 0) is 37.5 Å². The number of nitrogen functional groups attached to an aromatic ring is 1. The van der Waals surface area contributed by atoms with Crippen LogP contribution < -0.4 is 10.5 Å². The SMILES string of the molecule is Cc1[nH]ncc1CCCNS(=O)(=O)c1c(N)cccc1F. The Kier molecular flexibility index (Phi) is 4.59. The average molecular weight is 312 g/mol. The highest BCUT2D eigenvalue weighted by molar-refractivity contribution is 7.89. The van der Waals surface area contributed by atoms with Crippen molar-refractivity contribution in [2.45, 2.75) is 24.7 Å². The zero-order valence-electron chi connectivity index (χ0n) is 11.6. The van der Waals surface area contributed by atoms with E-state index in [1.807, 2.05) is 6.92 Å². The number of benzene rings is 1. The molecule has 0 spiro atoms. The van der Waals surface area contributed by atoms with Crippen molar-refractivity contribution in [3.05, 3.63) is 41.5 Å². The van der Waals surface area contributed by atoms with Gasteiger partial charge in [-0.15, -0.1) is 0 Å². The van der Waals surface area contributed by atoms with Crippen LogP contribution in [0.15, 0.2) is 29.3 Å². The Morgan fingerprint density at radius 3 is 2.81 bits per heavy atom. The predicted octanol–water partition coefficient (Wildman–Crippen LogP) is 1.35. The standard InChI is InChI=1S/C13H17FN4O2S/c1-9-10(8-16-18-9)4-3-7-17-21(19,20)13-11(14)5-2-6-12(13)15/h2,5-6,8,17H,3-4,7,15H2,1H3,(H,16,18). The largest absolute Gasteiger partial charge is 0.398 e. The van der Waals surface area contributed by atoms with Crippen LogP contribution in [0.4, 0.5) is 10.1 Å². The molecule has 0 amide bonds. The maximum Gasteiger partial charge on any atom is 0.245 e. The fourth-order valence-corrected chi connectivity index (χ4v) is 3.25. The van der Waals surface area contributed by atoms with Crippen molar-refractivity contribution in [3.8, 4) is 0 Å². The molecule has 0 saturated carbocycles. The van der Waals surface area contributed by atoms with Crippen LogP contribution in [-0.4, -0.2) is 25.2 Å². The van der Waals surface area contributed by atoms with E-state index in [-0.39, 0.29) is 12.2 Å². The van der Waals surface area contributed by atoms with Gasteiger partial charge in [-0.3, -0.25) is 5.10 Å². The van der Waals surface area contributed by atoms with Crippen molar-refractivity contribution in [2.75, 3.05) is 12.3 Å². The normalized spacial score (nSPS) is 11.7. The minimum atomic E-state index is -3.95. The number of rotatable bonds is 6. The third kappa shape index (κ3) is 3.59. The molecule has 114 valence electrons. The summed E-state index contributed by atoms with van der Waals surface area (Å²) in [5.74, 6) is -0.854. The number of nitrogens with one attached hydrogen (secondary N) is 2. The van der Waals surface area contributed by atoms with Crippen molar-refractivity contribution in [1.29, 1.82) is 0 Å². The molecule has 0 unspecified atom stereocenters. The lowest BCUT2D eigenvalue weighted by Crippen LogP contribution is -2.26. The van der Waals surface area contributed by atoms with Crippen molar-refractivity contribution >= 4 is 15.7 Å². The molecule has 1 aromatic heterocycles. The summed E-state index contributed by atoms with van der Waals surface area (Å²) in [5.41, 5.74) is 7.42. The molecule has 4 N–H and O–H groups in total. The van der Waals surface area contributed by atoms with Gasteiger partial charge < -0.3 is 5.73 Å². The molecule has 0 atom stereocenters. The van der Waals surface area contributed by atoms with Gasteiger partial charge in [-0.25, -0.2) is 17.5 Å². The first kappa shape index (κ1) is 15.5. The van der Waals surface area contributed by atoms with E-state index in [9.17, 15) is 12.8 Å². The maximum absolute atomic E-state index is 13.6. The van der Waals surface area contributed by atoms with Gasteiger partial charge in [0.2, 0.25) is 10.0 Å². The van der Waals surface area contributed by atoms with Crippen LogP contribution in [0.3, 0.4) is 0 Å². The lowest BCUT2D eigenvalue weighted by molar-refractivity contribution is 0.557. The Bertz CT molecular complexity index is 707. The molecule has 0 aliphatic heterocycles. The van der Waals surface area contributed by atoms with Crippen LogP contribution >= 0.6 is 0 Å². The highest BCUT2D eigenvalue weighted by atomic mass is 32.2. The van der Waals surface area contributed by atoms with Crippen LogP contribution in [-0.2, 0) is 16.4 Å². The minimum absolute atomic E-state index is 0.104. The molecular weight excluding hydrogens is 295 g/mol. The molecule has 0 radical (unpaired) electrons. The lowest BCUT2D eigenvalue weighted by Gasteiger charge is -2.09. The topological polar surface area (TPSA) is 101 Å². The number of hydrogen-bond donors (Lipinski definition) is 3. The van der Waals surface area contributed by atoms with Crippen LogP contribution in [0.5, 0.6) is 0 Å². The molecular formula is C13H17FN4O2S. The van der Waals surface area contributed by atoms with E-state index in [4.69, 9.17) is 5.73 Å². The van der Waals surface area contributed by atoms with E-state index in [0.717, 1.165) is 17.3 Å². The Balaban J connectivity index is 1.97. The first-order valence-electron chi connectivity index (χ1n) is 6.44. The Hall–Kier alpha value is -1.93. The summed E-state index contributed by atoms with van der Waals surface area (Å²) in [6.07, 6.45) is 2.96. The predicted molar refractivity (Wildman–Crippen MR) is 77.6 cm³/mol. The summed E-state index contributed by atoms with van der Waals surface area (Å²) in [5, 5.41) is 6.70. The van der Waals surface area contributed by atoms with Gasteiger partial charge >= 0.3 is 0 Å². The molecule has 1 aromatic carbocycles. The van der Waals surface area contributed by atoms with E-state index in [0.29, 0.717) is 12.8 Å².